The smallest absolute Gasteiger partial charge is 0.334 e. The minimum atomic E-state index is -4.56. The third-order valence-electron chi connectivity index (χ3n) is 2.72. The van der Waals surface area contributed by atoms with E-state index in [0.29, 0.717) is 0 Å². The van der Waals surface area contributed by atoms with Gasteiger partial charge in [-0.3, -0.25) is 4.79 Å². The molecule has 22 heavy (non-hydrogen) atoms. The van der Waals surface area contributed by atoms with Crippen LogP contribution in [0.25, 0.3) is 0 Å². The van der Waals surface area contributed by atoms with Crippen molar-refractivity contribution < 1.29 is 18.0 Å². The lowest BCUT2D eigenvalue weighted by Crippen LogP contribution is -2.28. The average molecular weight is 311 g/mol. The van der Waals surface area contributed by atoms with Crippen LogP contribution in [0.2, 0.25) is 0 Å². The first-order chi connectivity index (χ1) is 10.3. The van der Waals surface area contributed by atoms with Gasteiger partial charge >= 0.3 is 6.18 Å². The first-order valence-corrected chi connectivity index (χ1v) is 6.19. The Labute approximate surface area is 124 Å². The van der Waals surface area contributed by atoms with Crippen LogP contribution in [0.1, 0.15) is 27.6 Å². The highest BCUT2D eigenvalue weighted by Crippen LogP contribution is 2.27. The van der Waals surface area contributed by atoms with Crippen molar-refractivity contribution in [3.8, 4) is 0 Å². The lowest BCUT2D eigenvalue weighted by molar-refractivity contribution is -0.141. The minimum absolute atomic E-state index is 0.0833. The largest absolute Gasteiger partial charge is 0.433 e. The number of aryl methyl sites for hydroxylation is 1. The first-order valence-electron chi connectivity index (χ1n) is 6.19. The molecule has 0 saturated carbocycles. The number of carbonyl (C=O) groups is 1. The first kappa shape index (κ1) is 15.8. The third kappa shape index (κ3) is 3.74. The topological polar surface area (TPSA) is 71.9 Å². The summed E-state index contributed by atoms with van der Waals surface area (Å²) in [4.78, 5) is 28.1. The van der Waals surface area contributed by atoms with Crippen molar-refractivity contribution in [2.75, 3.05) is 7.05 Å². The van der Waals surface area contributed by atoms with Gasteiger partial charge in [-0.1, -0.05) is 0 Å². The fraction of sp³-hybridized carbons (Fsp3) is 0.308. The number of nitrogens with zero attached hydrogens (tertiary/aromatic N) is 5. The van der Waals surface area contributed by atoms with E-state index < -0.39 is 17.8 Å². The van der Waals surface area contributed by atoms with Crippen molar-refractivity contribution in [1.29, 1.82) is 0 Å². The molecule has 0 N–H and O–H groups in total. The van der Waals surface area contributed by atoms with Gasteiger partial charge < -0.3 is 4.90 Å². The van der Waals surface area contributed by atoms with Crippen LogP contribution >= 0.6 is 0 Å². The summed E-state index contributed by atoms with van der Waals surface area (Å²) in [5.41, 5.74) is -0.617. The van der Waals surface area contributed by atoms with E-state index in [4.69, 9.17) is 0 Å². The molecule has 0 atom stereocenters. The van der Waals surface area contributed by atoms with Crippen LogP contribution < -0.4 is 0 Å². The molecule has 0 saturated heterocycles. The van der Waals surface area contributed by atoms with Crippen molar-refractivity contribution >= 4 is 5.91 Å². The van der Waals surface area contributed by atoms with E-state index in [0.717, 1.165) is 6.07 Å². The summed E-state index contributed by atoms with van der Waals surface area (Å²) in [5.74, 6) is -0.515. The Morgan fingerprint density at radius 3 is 2.45 bits per heavy atom. The molecule has 0 aliphatic heterocycles. The Morgan fingerprint density at radius 2 is 1.86 bits per heavy atom. The monoisotopic (exact) mass is 311 g/mol. The Hall–Kier alpha value is -2.58. The van der Waals surface area contributed by atoms with Gasteiger partial charge in [0.05, 0.1) is 12.1 Å². The molecule has 0 bridgehead atoms. The number of rotatable bonds is 3. The van der Waals surface area contributed by atoms with Gasteiger partial charge in [0.1, 0.15) is 17.8 Å². The van der Waals surface area contributed by atoms with Crippen LogP contribution in [0.3, 0.4) is 0 Å². The number of alkyl halides is 3. The van der Waals surface area contributed by atoms with E-state index in [1.165, 1.54) is 37.6 Å². The molecule has 0 radical (unpaired) electrons. The van der Waals surface area contributed by atoms with Crippen molar-refractivity contribution in [2.45, 2.75) is 19.6 Å². The lowest BCUT2D eigenvalue weighted by Gasteiger charge is -2.17. The standard InChI is InChI=1S/C13H12F3N5O/c1-8-3-10(13(14,15)16)20-11(19-8)6-21(2)12(22)9-4-17-7-18-5-9/h3-5,7H,6H2,1-2H3. The van der Waals surface area contributed by atoms with E-state index >= 15 is 0 Å². The Kier molecular flexibility index (Phi) is 4.34. The number of hydrogen-bond acceptors (Lipinski definition) is 5. The lowest BCUT2D eigenvalue weighted by atomic mass is 10.3. The Morgan fingerprint density at radius 1 is 1.23 bits per heavy atom. The molecule has 2 rings (SSSR count). The molecule has 1 amide bonds. The molecule has 0 unspecified atom stereocenters. The van der Waals surface area contributed by atoms with E-state index in [2.05, 4.69) is 19.9 Å². The molecule has 6 nitrogen and oxygen atoms in total. The Bertz CT molecular complexity index is 675. The van der Waals surface area contributed by atoms with Crippen molar-refractivity contribution in [1.82, 2.24) is 24.8 Å². The van der Waals surface area contributed by atoms with Crippen molar-refractivity contribution in [3.05, 3.63) is 47.6 Å². The molecule has 2 heterocycles. The molecule has 0 aromatic carbocycles. The summed E-state index contributed by atoms with van der Waals surface area (Å²) in [7, 11) is 1.44. The molecule has 2 aromatic rings. The van der Waals surface area contributed by atoms with Crippen LogP contribution in [0.15, 0.2) is 24.8 Å². The summed E-state index contributed by atoms with van der Waals surface area (Å²) in [6.07, 6.45) is -0.636. The number of carbonyl (C=O) groups excluding carboxylic acids is 1. The minimum Gasteiger partial charge on any atom is -0.334 e. The summed E-state index contributed by atoms with van der Waals surface area (Å²) in [6, 6.07) is 0.857. The normalized spacial score (nSPS) is 11.3. The van der Waals surface area contributed by atoms with Gasteiger partial charge in [-0.25, -0.2) is 19.9 Å². The zero-order valence-corrected chi connectivity index (χ0v) is 11.8. The highest BCUT2D eigenvalue weighted by atomic mass is 19.4. The number of hydrogen-bond donors (Lipinski definition) is 0. The second kappa shape index (κ2) is 6.04. The molecule has 0 aliphatic carbocycles. The SMILES string of the molecule is Cc1cc(C(F)(F)F)nc(CN(C)C(=O)c2cncnc2)n1. The second-order valence-corrected chi connectivity index (χ2v) is 4.60. The predicted octanol–water partition coefficient (Wildman–Crippen LogP) is 1.87. The maximum absolute atomic E-state index is 12.7. The fourth-order valence-corrected chi connectivity index (χ4v) is 1.76. The van der Waals surface area contributed by atoms with Gasteiger partial charge in [-0.05, 0) is 13.0 Å². The van der Waals surface area contributed by atoms with Gasteiger partial charge in [0.15, 0.2) is 0 Å². The van der Waals surface area contributed by atoms with Gasteiger partial charge in [-0.15, -0.1) is 0 Å². The molecule has 9 heteroatoms. The summed E-state index contributed by atoms with van der Waals surface area (Å²) >= 11 is 0. The number of aromatic nitrogens is 4. The maximum atomic E-state index is 12.7. The highest BCUT2D eigenvalue weighted by molar-refractivity contribution is 5.93. The quantitative estimate of drug-likeness (QED) is 0.865. The van der Waals surface area contributed by atoms with Gasteiger partial charge in [0.2, 0.25) is 0 Å². The van der Waals surface area contributed by atoms with Crippen LogP contribution in [0.5, 0.6) is 0 Å². The number of halogens is 3. The molecule has 0 spiro atoms. The molecule has 0 aliphatic rings. The summed E-state index contributed by atoms with van der Waals surface area (Å²) in [5, 5.41) is 0. The zero-order valence-electron chi connectivity index (χ0n) is 11.8. The third-order valence-corrected chi connectivity index (χ3v) is 2.72. The van der Waals surface area contributed by atoms with E-state index in [9.17, 15) is 18.0 Å². The summed E-state index contributed by atoms with van der Waals surface area (Å²) < 4.78 is 38.2. The van der Waals surface area contributed by atoms with Gasteiger partial charge in [-0.2, -0.15) is 13.2 Å². The maximum Gasteiger partial charge on any atom is 0.433 e. The van der Waals surface area contributed by atoms with E-state index in [1.807, 2.05) is 0 Å². The van der Waals surface area contributed by atoms with Crippen LogP contribution in [-0.4, -0.2) is 37.8 Å². The zero-order chi connectivity index (χ0) is 16.3. The summed E-state index contributed by atoms with van der Waals surface area (Å²) in [6.45, 7) is 1.28. The van der Waals surface area contributed by atoms with Gasteiger partial charge in [0.25, 0.3) is 5.91 Å². The van der Waals surface area contributed by atoms with Crippen molar-refractivity contribution in [3.63, 3.8) is 0 Å². The van der Waals surface area contributed by atoms with Crippen LogP contribution in [-0.2, 0) is 12.7 Å². The predicted molar refractivity (Wildman–Crippen MR) is 69.6 cm³/mol. The second-order valence-electron chi connectivity index (χ2n) is 4.60. The average Bonchev–Trinajstić information content (AvgIpc) is 2.45. The molecule has 2 aromatic heterocycles. The molecule has 0 fully saturated rings. The van der Waals surface area contributed by atoms with Crippen molar-refractivity contribution in [2.24, 2.45) is 0 Å². The molecular formula is C13H12F3N5O. The Balaban J connectivity index is 2.20. The van der Waals surface area contributed by atoms with E-state index in [-0.39, 0.29) is 23.6 Å². The highest BCUT2D eigenvalue weighted by Gasteiger charge is 2.33. The van der Waals surface area contributed by atoms with Crippen LogP contribution in [0.4, 0.5) is 13.2 Å². The molecule has 116 valence electrons. The fourth-order valence-electron chi connectivity index (χ4n) is 1.76. The molecular weight excluding hydrogens is 299 g/mol. The van der Waals surface area contributed by atoms with E-state index in [1.54, 1.807) is 0 Å². The van der Waals surface area contributed by atoms with Gasteiger partial charge in [0, 0.05) is 25.1 Å². The van der Waals surface area contributed by atoms with Crippen LogP contribution in [0, 0.1) is 6.92 Å². The number of amides is 1.